The first-order chi connectivity index (χ1) is 5.77. The number of hydrogen-bond acceptors (Lipinski definition) is 2. The quantitative estimate of drug-likeness (QED) is 0.707. The lowest BCUT2D eigenvalue weighted by Gasteiger charge is -2.12. The number of rotatable bonds is 3. The Labute approximate surface area is 79.2 Å². The van der Waals surface area contributed by atoms with Gasteiger partial charge in [-0.3, -0.25) is 0 Å². The molecule has 0 heterocycles. The summed E-state index contributed by atoms with van der Waals surface area (Å²) < 4.78 is 5.30. The fraction of sp³-hybridized carbons (Fsp3) is 0.400. The van der Waals surface area contributed by atoms with Crippen LogP contribution in [0.4, 0.5) is 0 Å². The molecule has 0 saturated carbocycles. The second-order valence-corrected chi connectivity index (χ2v) is 3.24. The fourth-order valence-corrected chi connectivity index (χ4v) is 1.38. The van der Waals surface area contributed by atoms with Gasteiger partial charge >= 0.3 is 0 Å². The lowest BCUT2D eigenvalue weighted by Crippen LogP contribution is -1.98. The molecule has 1 nitrogen and oxygen atoms in total. The van der Waals surface area contributed by atoms with Crippen LogP contribution < -0.4 is 0 Å². The van der Waals surface area contributed by atoms with E-state index < -0.39 is 0 Å². The van der Waals surface area contributed by atoms with E-state index in [1.807, 2.05) is 12.1 Å². The molecule has 0 fully saturated rings. The van der Waals surface area contributed by atoms with Gasteiger partial charge in [-0.15, -0.1) is 12.6 Å². The number of hydrogen-bond donors (Lipinski definition) is 1. The molecule has 0 aliphatic heterocycles. The molecule has 0 N–H and O–H groups in total. The summed E-state index contributed by atoms with van der Waals surface area (Å²) in [5.41, 5.74) is 1.22. The number of thiol groups is 1. The lowest BCUT2D eigenvalue weighted by atomic mass is 10.1. The average Bonchev–Trinajstić information content (AvgIpc) is 2.10. The molecule has 0 unspecified atom stereocenters. The van der Waals surface area contributed by atoms with E-state index in [0.29, 0.717) is 0 Å². The Morgan fingerprint density at radius 1 is 1.33 bits per heavy atom. The topological polar surface area (TPSA) is 9.23 Å². The van der Waals surface area contributed by atoms with Crippen LogP contribution in [0.5, 0.6) is 0 Å². The monoisotopic (exact) mass is 182 g/mol. The molecule has 12 heavy (non-hydrogen) atoms. The van der Waals surface area contributed by atoms with Crippen LogP contribution in [0.1, 0.15) is 25.0 Å². The fourth-order valence-electron chi connectivity index (χ4n) is 1.23. The first kappa shape index (κ1) is 9.62. The van der Waals surface area contributed by atoms with Gasteiger partial charge in [-0.2, -0.15) is 0 Å². The van der Waals surface area contributed by atoms with E-state index in [1.54, 1.807) is 7.11 Å². The molecule has 0 aliphatic rings. The summed E-state index contributed by atoms with van der Waals surface area (Å²) in [6, 6.07) is 8.08. The molecule has 1 atom stereocenters. The van der Waals surface area contributed by atoms with Crippen molar-refractivity contribution in [1.29, 1.82) is 0 Å². The van der Waals surface area contributed by atoms with E-state index in [1.165, 1.54) is 5.56 Å². The molecular formula is C10H14OS. The highest BCUT2D eigenvalue weighted by atomic mass is 32.1. The van der Waals surface area contributed by atoms with E-state index in [4.69, 9.17) is 4.74 Å². The first-order valence-electron chi connectivity index (χ1n) is 4.09. The number of benzene rings is 1. The Morgan fingerprint density at radius 2 is 1.92 bits per heavy atom. The normalized spacial score (nSPS) is 12.9. The molecule has 0 radical (unpaired) electrons. The predicted octanol–water partition coefficient (Wildman–Crippen LogP) is 3.07. The summed E-state index contributed by atoms with van der Waals surface area (Å²) in [7, 11) is 1.74. The van der Waals surface area contributed by atoms with Gasteiger partial charge in [0.05, 0.1) is 6.10 Å². The zero-order valence-corrected chi connectivity index (χ0v) is 8.34. The third kappa shape index (κ3) is 2.26. The molecule has 2 heteroatoms. The van der Waals surface area contributed by atoms with Crippen LogP contribution in [0.15, 0.2) is 29.2 Å². The third-order valence-electron chi connectivity index (χ3n) is 1.92. The average molecular weight is 182 g/mol. The van der Waals surface area contributed by atoms with E-state index >= 15 is 0 Å². The van der Waals surface area contributed by atoms with Gasteiger partial charge in [-0.25, -0.2) is 0 Å². The lowest BCUT2D eigenvalue weighted by molar-refractivity contribution is 0.1000. The van der Waals surface area contributed by atoms with Crippen molar-refractivity contribution in [2.45, 2.75) is 24.3 Å². The summed E-state index contributed by atoms with van der Waals surface area (Å²) in [4.78, 5) is 0.990. The molecular weight excluding hydrogens is 168 g/mol. The summed E-state index contributed by atoms with van der Waals surface area (Å²) in [6.07, 6.45) is 1.22. The standard InChI is InChI=1S/C10H14OS/c1-3-10(11-2)8-4-6-9(12)7-5-8/h4-7,10,12H,3H2,1-2H3/t10-/m1/s1. The SMILES string of the molecule is CC[C@@H](OC)c1ccc(S)cc1. The summed E-state index contributed by atoms with van der Waals surface area (Å²) >= 11 is 4.22. The molecule has 0 aromatic heterocycles. The van der Waals surface area contributed by atoms with Crippen LogP contribution in [-0.2, 0) is 4.74 Å². The summed E-state index contributed by atoms with van der Waals surface area (Å²) in [5.74, 6) is 0. The van der Waals surface area contributed by atoms with Crippen molar-refractivity contribution in [3.8, 4) is 0 Å². The molecule has 0 saturated heterocycles. The number of ether oxygens (including phenoxy) is 1. The predicted molar refractivity (Wildman–Crippen MR) is 53.7 cm³/mol. The largest absolute Gasteiger partial charge is 0.377 e. The molecule has 1 rings (SSSR count). The van der Waals surface area contributed by atoms with Gasteiger partial charge in [-0.05, 0) is 24.1 Å². The van der Waals surface area contributed by atoms with Gasteiger partial charge in [0.25, 0.3) is 0 Å². The summed E-state index contributed by atoms with van der Waals surface area (Å²) in [6.45, 7) is 2.11. The van der Waals surface area contributed by atoms with Gasteiger partial charge in [0.1, 0.15) is 0 Å². The first-order valence-corrected chi connectivity index (χ1v) is 4.54. The summed E-state index contributed by atoms with van der Waals surface area (Å²) in [5, 5.41) is 0. The van der Waals surface area contributed by atoms with Crippen molar-refractivity contribution < 1.29 is 4.74 Å². The van der Waals surface area contributed by atoms with E-state index in [0.717, 1.165) is 11.3 Å². The van der Waals surface area contributed by atoms with Crippen LogP contribution in [0.2, 0.25) is 0 Å². The van der Waals surface area contributed by atoms with Gasteiger partial charge in [0, 0.05) is 12.0 Å². The molecule has 0 bridgehead atoms. The van der Waals surface area contributed by atoms with Gasteiger partial charge in [0.15, 0.2) is 0 Å². The minimum absolute atomic E-state index is 0.221. The van der Waals surface area contributed by atoms with Gasteiger partial charge in [0.2, 0.25) is 0 Å². The second-order valence-electron chi connectivity index (χ2n) is 2.72. The van der Waals surface area contributed by atoms with E-state index in [9.17, 15) is 0 Å². The van der Waals surface area contributed by atoms with E-state index in [-0.39, 0.29) is 6.10 Å². The van der Waals surface area contributed by atoms with Crippen molar-refractivity contribution in [2.24, 2.45) is 0 Å². The van der Waals surface area contributed by atoms with Crippen LogP contribution in [0, 0.1) is 0 Å². The molecule has 0 amide bonds. The van der Waals surface area contributed by atoms with Crippen molar-refractivity contribution in [3.05, 3.63) is 29.8 Å². The Bertz CT molecular complexity index is 226. The molecule has 0 aliphatic carbocycles. The highest BCUT2D eigenvalue weighted by molar-refractivity contribution is 7.80. The maximum atomic E-state index is 5.30. The van der Waals surface area contributed by atoms with Crippen molar-refractivity contribution in [2.75, 3.05) is 7.11 Å². The highest BCUT2D eigenvalue weighted by Crippen LogP contribution is 2.20. The Morgan fingerprint density at radius 3 is 2.33 bits per heavy atom. The van der Waals surface area contributed by atoms with Crippen LogP contribution in [0.25, 0.3) is 0 Å². The molecule has 1 aromatic carbocycles. The smallest absolute Gasteiger partial charge is 0.0818 e. The zero-order chi connectivity index (χ0) is 8.97. The van der Waals surface area contributed by atoms with Crippen molar-refractivity contribution in [1.82, 2.24) is 0 Å². The minimum Gasteiger partial charge on any atom is -0.377 e. The Kier molecular flexibility index (Phi) is 3.63. The molecule has 66 valence electrons. The van der Waals surface area contributed by atoms with Crippen molar-refractivity contribution in [3.63, 3.8) is 0 Å². The van der Waals surface area contributed by atoms with Gasteiger partial charge in [-0.1, -0.05) is 19.1 Å². The molecule has 0 spiro atoms. The number of methoxy groups -OCH3 is 1. The third-order valence-corrected chi connectivity index (χ3v) is 2.22. The van der Waals surface area contributed by atoms with Crippen LogP contribution in [-0.4, -0.2) is 7.11 Å². The Hall–Kier alpha value is -0.470. The second kappa shape index (κ2) is 4.53. The van der Waals surface area contributed by atoms with Crippen LogP contribution in [0.3, 0.4) is 0 Å². The van der Waals surface area contributed by atoms with Crippen molar-refractivity contribution >= 4 is 12.6 Å². The zero-order valence-electron chi connectivity index (χ0n) is 7.45. The maximum absolute atomic E-state index is 5.30. The molecule has 1 aromatic rings. The minimum atomic E-state index is 0.221. The van der Waals surface area contributed by atoms with Crippen LogP contribution >= 0.6 is 12.6 Å². The van der Waals surface area contributed by atoms with E-state index in [2.05, 4.69) is 31.7 Å². The Balaban J connectivity index is 2.80. The maximum Gasteiger partial charge on any atom is 0.0818 e. The van der Waals surface area contributed by atoms with Gasteiger partial charge < -0.3 is 4.74 Å². The highest BCUT2D eigenvalue weighted by Gasteiger charge is 2.05.